The van der Waals surface area contributed by atoms with E-state index in [0.717, 1.165) is 5.39 Å². The van der Waals surface area contributed by atoms with Crippen molar-refractivity contribution in [1.29, 1.82) is 0 Å². The Morgan fingerprint density at radius 2 is 2.25 bits per heavy atom. The van der Waals surface area contributed by atoms with Crippen LogP contribution in [0.15, 0.2) is 24.3 Å². The van der Waals surface area contributed by atoms with Crippen LogP contribution in [0.2, 0.25) is 0 Å². The van der Waals surface area contributed by atoms with Crippen molar-refractivity contribution in [2.45, 2.75) is 12.5 Å². The Labute approximate surface area is 90.9 Å². The van der Waals surface area contributed by atoms with Crippen LogP contribution in [-0.2, 0) is 11.2 Å². The molecule has 0 saturated carbocycles. The molecule has 16 heavy (non-hydrogen) atoms. The van der Waals surface area contributed by atoms with Gasteiger partial charge >= 0.3 is 5.97 Å². The average molecular weight is 222 g/mol. The van der Waals surface area contributed by atoms with E-state index in [4.69, 9.17) is 10.8 Å². The molecule has 2 aromatic rings. The van der Waals surface area contributed by atoms with Crippen molar-refractivity contribution in [2.24, 2.45) is 5.73 Å². The lowest BCUT2D eigenvalue weighted by Crippen LogP contribution is -2.32. The zero-order valence-electron chi connectivity index (χ0n) is 8.40. The second-order valence-electron chi connectivity index (χ2n) is 3.68. The van der Waals surface area contributed by atoms with E-state index in [1.807, 2.05) is 0 Å². The Hall–Kier alpha value is -1.88. The van der Waals surface area contributed by atoms with Gasteiger partial charge < -0.3 is 15.8 Å². The van der Waals surface area contributed by atoms with Gasteiger partial charge in [0.05, 0.1) is 0 Å². The van der Waals surface area contributed by atoms with E-state index in [-0.39, 0.29) is 12.2 Å². The van der Waals surface area contributed by atoms with Crippen molar-refractivity contribution >= 4 is 16.9 Å². The quantitative estimate of drug-likeness (QED) is 0.731. The molecule has 1 aromatic carbocycles. The Kier molecular flexibility index (Phi) is 2.62. The van der Waals surface area contributed by atoms with Crippen LogP contribution >= 0.6 is 0 Å². The third-order valence-electron chi connectivity index (χ3n) is 2.40. The van der Waals surface area contributed by atoms with Crippen molar-refractivity contribution in [3.05, 3.63) is 35.8 Å². The second kappa shape index (κ2) is 3.94. The summed E-state index contributed by atoms with van der Waals surface area (Å²) in [7, 11) is 0. The molecular formula is C11H11FN2O2. The number of benzene rings is 1. The molecule has 0 fully saturated rings. The Morgan fingerprint density at radius 1 is 1.50 bits per heavy atom. The summed E-state index contributed by atoms with van der Waals surface area (Å²) >= 11 is 0. The number of hydrogen-bond donors (Lipinski definition) is 3. The molecule has 0 radical (unpaired) electrons. The highest BCUT2D eigenvalue weighted by atomic mass is 19.1. The predicted octanol–water partition coefficient (Wildman–Crippen LogP) is 1.26. The number of halogens is 1. The number of H-pyrrole nitrogens is 1. The van der Waals surface area contributed by atoms with E-state index in [2.05, 4.69) is 4.98 Å². The number of nitrogens with two attached hydrogens (primary N) is 1. The van der Waals surface area contributed by atoms with Crippen molar-refractivity contribution in [1.82, 2.24) is 4.98 Å². The molecule has 4 N–H and O–H groups in total. The number of fused-ring (bicyclic) bond motifs is 1. The first-order valence-electron chi connectivity index (χ1n) is 4.82. The lowest BCUT2D eigenvalue weighted by molar-refractivity contribution is -0.138. The molecule has 0 amide bonds. The van der Waals surface area contributed by atoms with Gasteiger partial charge in [-0.3, -0.25) is 4.79 Å². The SMILES string of the molecule is NC(Cc1cc2ccc(F)cc2[nH]1)C(=O)O. The maximum Gasteiger partial charge on any atom is 0.320 e. The van der Waals surface area contributed by atoms with Crippen LogP contribution in [0.5, 0.6) is 0 Å². The lowest BCUT2D eigenvalue weighted by Gasteiger charge is -2.02. The molecule has 1 unspecified atom stereocenters. The van der Waals surface area contributed by atoms with E-state index in [1.54, 1.807) is 12.1 Å². The molecule has 84 valence electrons. The predicted molar refractivity (Wildman–Crippen MR) is 57.6 cm³/mol. The molecule has 0 bridgehead atoms. The van der Waals surface area contributed by atoms with E-state index < -0.39 is 12.0 Å². The minimum Gasteiger partial charge on any atom is -0.480 e. The van der Waals surface area contributed by atoms with Crippen LogP contribution in [0.1, 0.15) is 5.69 Å². The van der Waals surface area contributed by atoms with Crippen LogP contribution in [-0.4, -0.2) is 22.1 Å². The summed E-state index contributed by atoms with van der Waals surface area (Å²) in [5.41, 5.74) is 6.74. The van der Waals surface area contributed by atoms with Gasteiger partial charge in [0.1, 0.15) is 11.9 Å². The fourth-order valence-corrected chi connectivity index (χ4v) is 1.59. The molecule has 0 aliphatic rings. The number of carboxylic acids is 1. The van der Waals surface area contributed by atoms with Gasteiger partial charge in [0.25, 0.3) is 0 Å². The zero-order chi connectivity index (χ0) is 11.7. The largest absolute Gasteiger partial charge is 0.480 e. The number of aromatic amines is 1. The van der Waals surface area contributed by atoms with Crippen LogP contribution in [0.3, 0.4) is 0 Å². The standard InChI is InChI=1S/C11H11FN2O2/c12-7-2-1-6-3-8(14-10(6)4-7)5-9(13)11(15)16/h1-4,9,14H,5,13H2,(H,15,16). The Balaban J connectivity index is 2.29. The topological polar surface area (TPSA) is 79.1 Å². The summed E-state index contributed by atoms with van der Waals surface area (Å²) in [5, 5.41) is 9.51. The number of nitrogens with one attached hydrogen (secondary N) is 1. The smallest absolute Gasteiger partial charge is 0.320 e. The molecule has 1 atom stereocenters. The molecule has 5 heteroatoms. The van der Waals surface area contributed by atoms with Gasteiger partial charge in [-0.15, -0.1) is 0 Å². The molecule has 0 aliphatic heterocycles. The van der Waals surface area contributed by atoms with Crippen molar-refractivity contribution in [2.75, 3.05) is 0 Å². The summed E-state index contributed by atoms with van der Waals surface area (Å²) in [4.78, 5) is 13.5. The van der Waals surface area contributed by atoms with Crippen LogP contribution < -0.4 is 5.73 Å². The maximum atomic E-state index is 12.9. The number of hydrogen-bond acceptors (Lipinski definition) is 2. The summed E-state index contributed by atoms with van der Waals surface area (Å²) in [6.07, 6.45) is 0.200. The molecule has 1 heterocycles. The Bertz CT molecular complexity index is 536. The van der Waals surface area contributed by atoms with E-state index in [1.165, 1.54) is 12.1 Å². The van der Waals surface area contributed by atoms with Gasteiger partial charge in [-0.05, 0) is 29.7 Å². The zero-order valence-corrected chi connectivity index (χ0v) is 8.40. The third kappa shape index (κ3) is 2.04. The van der Waals surface area contributed by atoms with E-state index in [0.29, 0.717) is 11.2 Å². The van der Waals surface area contributed by atoms with Gasteiger partial charge in [-0.1, -0.05) is 0 Å². The molecular weight excluding hydrogens is 211 g/mol. The third-order valence-corrected chi connectivity index (χ3v) is 2.40. The van der Waals surface area contributed by atoms with E-state index >= 15 is 0 Å². The first kappa shape index (κ1) is 10.6. The van der Waals surface area contributed by atoms with Crippen molar-refractivity contribution < 1.29 is 14.3 Å². The lowest BCUT2D eigenvalue weighted by atomic mass is 10.1. The highest BCUT2D eigenvalue weighted by molar-refractivity contribution is 5.81. The summed E-state index contributed by atoms with van der Waals surface area (Å²) < 4.78 is 12.9. The molecule has 4 nitrogen and oxygen atoms in total. The highest BCUT2D eigenvalue weighted by Crippen LogP contribution is 2.17. The highest BCUT2D eigenvalue weighted by Gasteiger charge is 2.13. The fraction of sp³-hybridized carbons (Fsp3) is 0.182. The first-order chi connectivity index (χ1) is 7.56. The maximum absolute atomic E-state index is 12.9. The monoisotopic (exact) mass is 222 g/mol. The first-order valence-corrected chi connectivity index (χ1v) is 4.82. The Morgan fingerprint density at radius 3 is 2.94 bits per heavy atom. The van der Waals surface area contributed by atoms with Crippen molar-refractivity contribution in [3.8, 4) is 0 Å². The molecule has 0 spiro atoms. The van der Waals surface area contributed by atoms with Crippen molar-refractivity contribution in [3.63, 3.8) is 0 Å². The van der Waals surface area contributed by atoms with Gasteiger partial charge in [-0.25, -0.2) is 4.39 Å². The number of aliphatic carboxylic acids is 1. The van der Waals surface area contributed by atoms with Gasteiger partial charge in [0.15, 0.2) is 0 Å². The number of aromatic nitrogens is 1. The number of carbonyl (C=O) groups is 1. The minimum absolute atomic E-state index is 0.200. The van der Waals surface area contributed by atoms with E-state index in [9.17, 15) is 9.18 Å². The molecule has 2 rings (SSSR count). The average Bonchev–Trinajstić information content (AvgIpc) is 2.58. The number of rotatable bonds is 3. The van der Waals surface area contributed by atoms with Gasteiger partial charge in [-0.2, -0.15) is 0 Å². The van der Waals surface area contributed by atoms with Gasteiger partial charge in [0, 0.05) is 17.6 Å². The van der Waals surface area contributed by atoms with Crippen LogP contribution in [0, 0.1) is 5.82 Å². The summed E-state index contributed by atoms with van der Waals surface area (Å²) in [6, 6.07) is 5.19. The summed E-state index contributed by atoms with van der Waals surface area (Å²) in [5.74, 6) is -1.38. The van der Waals surface area contributed by atoms with Crippen LogP contribution in [0.4, 0.5) is 4.39 Å². The molecule has 0 saturated heterocycles. The molecule has 0 aliphatic carbocycles. The minimum atomic E-state index is -1.05. The summed E-state index contributed by atoms with van der Waals surface area (Å²) in [6.45, 7) is 0. The normalized spacial score (nSPS) is 12.9. The fourth-order valence-electron chi connectivity index (χ4n) is 1.59. The van der Waals surface area contributed by atoms with Crippen LogP contribution in [0.25, 0.3) is 10.9 Å². The second-order valence-corrected chi connectivity index (χ2v) is 3.68. The van der Waals surface area contributed by atoms with Gasteiger partial charge in [0.2, 0.25) is 0 Å². The molecule has 1 aromatic heterocycles. The number of carboxylic acid groups (broad SMARTS) is 1.